The molecule has 6 unspecified atom stereocenters. The van der Waals surface area contributed by atoms with Crippen molar-refractivity contribution in [3.05, 3.63) is 126 Å². The van der Waals surface area contributed by atoms with E-state index >= 15 is 0 Å². The third-order valence-electron chi connectivity index (χ3n) is 11.8. The maximum atomic E-state index is 14.0. The summed E-state index contributed by atoms with van der Waals surface area (Å²) < 4.78 is 26.6. The fraction of sp³-hybridized carbons (Fsp3) is 0.404. The van der Waals surface area contributed by atoms with Gasteiger partial charge in [0.05, 0.1) is 18.2 Å². The molecule has 1 heterocycles. The molecule has 3 aliphatic rings. The molecule has 0 radical (unpaired) electrons. The van der Waals surface area contributed by atoms with Gasteiger partial charge in [-0.2, -0.15) is 0 Å². The molecule has 57 heavy (non-hydrogen) atoms. The van der Waals surface area contributed by atoms with Crippen molar-refractivity contribution in [1.29, 1.82) is 0 Å². The minimum atomic E-state index is -1.36. The minimum Gasteiger partial charge on any atom is -0.459 e. The predicted octanol–water partition coefficient (Wildman–Crippen LogP) is 9.16. The zero-order valence-electron chi connectivity index (χ0n) is 32.9. The molecule has 1 amide bonds. The van der Waals surface area contributed by atoms with Gasteiger partial charge in [-0.05, 0) is 89.8 Å². The smallest absolute Gasteiger partial charge is 0.410 e. The molecule has 1 saturated carbocycles. The van der Waals surface area contributed by atoms with Crippen molar-refractivity contribution in [2.75, 3.05) is 34.0 Å². The molecule has 1 fully saturated rings. The fourth-order valence-electron chi connectivity index (χ4n) is 9.22. The summed E-state index contributed by atoms with van der Waals surface area (Å²) in [5, 5.41) is 26.5. The summed E-state index contributed by atoms with van der Waals surface area (Å²) in [6.07, 6.45) is 8.53. The Morgan fingerprint density at radius 3 is 2.40 bits per heavy atom. The topological polar surface area (TPSA) is 119 Å². The van der Waals surface area contributed by atoms with Crippen LogP contribution in [0.4, 0.5) is 4.79 Å². The Kier molecular flexibility index (Phi) is 12.9. The molecule has 10 heteroatoms. The van der Waals surface area contributed by atoms with Crippen LogP contribution in [-0.4, -0.2) is 72.7 Å². The number of benzene rings is 4. The molecular formula is C47H54N2O8. The van der Waals surface area contributed by atoms with Gasteiger partial charge in [0.1, 0.15) is 37.0 Å². The highest BCUT2D eigenvalue weighted by atomic mass is 16.7. The van der Waals surface area contributed by atoms with Gasteiger partial charge in [0.15, 0.2) is 0 Å². The van der Waals surface area contributed by atoms with Gasteiger partial charge in [-0.1, -0.05) is 90.8 Å². The van der Waals surface area contributed by atoms with E-state index < -0.39 is 23.8 Å². The number of carbonyl (C=O) groups excluding carboxylic acids is 1. The molecule has 0 aromatic heterocycles. The molecule has 4 aromatic carbocycles. The van der Waals surface area contributed by atoms with Gasteiger partial charge in [0, 0.05) is 38.2 Å². The molecule has 300 valence electrons. The van der Waals surface area contributed by atoms with Gasteiger partial charge in [-0.25, -0.2) is 4.79 Å². The van der Waals surface area contributed by atoms with Crippen molar-refractivity contribution in [1.82, 2.24) is 4.90 Å². The van der Waals surface area contributed by atoms with Crippen molar-refractivity contribution in [2.24, 2.45) is 22.9 Å². The first-order valence-corrected chi connectivity index (χ1v) is 20.1. The monoisotopic (exact) mass is 774 g/mol. The summed E-state index contributed by atoms with van der Waals surface area (Å²) in [5.74, 6) is 0.297. The number of likely N-dealkylation sites (N-methyl/N-ethyl adjacent to an activating group) is 1. The maximum absolute atomic E-state index is 14.0. The Hall–Kier alpha value is -5.16. The highest BCUT2D eigenvalue weighted by Gasteiger charge is 2.65. The number of unbranched alkanes of at least 4 members (excludes halogenated alkanes) is 2. The second kappa shape index (κ2) is 18.4. The third kappa shape index (κ3) is 8.44. The van der Waals surface area contributed by atoms with Crippen molar-refractivity contribution in [3.8, 4) is 17.2 Å². The SMILES string of the molecule is C=CCOC12Oc3ccc(Oc4ccc5ccccc5c4)cc3C3C(CCCCO)C(CCCCO)C=C(C(=NOC)CC1N(C)C(=O)OCc1ccccc1)C32. The molecule has 2 N–H and O–H groups in total. The number of allylic oxidation sites excluding steroid dienone is 1. The molecule has 6 atom stereocenters. The van der Waals surface area contributed by atoms with Crippen molar-refractivity contribution in [2.45, 2.75) is 69.3 Å². The summed E-state index contributed by atoms with van der Waals surface area (Å²) in [4.78, 5) is 21.1. The highest BCUT2D eigenvalue weighted by molar-refractivity contribution is 6.03. The summed E-state index contributed by atoms with van der Waals surface area (Å²) in [6, 6.07) is 29.2. The van der Waals surface area contributed by atoms with Gasteiger partial charge in [-0.15, -0.1) is 6.58 Å². The summed E-state index contributed by atoms with van der Waals surface area (Å²) in [6.45, 7) is 4.51. The van der Waals surface area contributed by atoms with E-state index in [9.17, 15) is 15.0 Å². The Balaban J connectivity index is 1.36. The summed E-state index contributed by atoms with van der Waals surface area (Å²) in [5.41, 5.74) is 3.54. The number of ether oxygens (including phenoxy) is 4. The number of nitrogens with zero attached hydrogens (tertiary/aromatic N) is 2. The van der Waals surface area contributed by atoms with E-state index in [1.165, 1.54) is 7.11 Å². The van der Waals surface area contributed by atoms with Crippen LogP contribution in [0.2, 0.25) is 0 Å². The molecular weight excluding hydrogens is 721 g/mol. The van der Waals surface area contributed by atoms with E-state index in [1.54, 1.807) is 18.0 Å². The molecule has 7 rings (SSSR count). The molecule has 0 saturated heterocycles. The molecule has 10 nitrogen and oxygen atoms in total. The van der Waals surface area contributed by atoms with Gasteiger partial charge in [0.2, 0.25) is 5.79 Å². The number of aliphatic hydroxyl groups excluding tert-OH is 2. The first-order chi connectivity index (χ1) is 27.9. The number of fused-ring (bicyclic) bond motifs is 3. The van der Waals surface area contributed by atoms with Crippen molar-refractivity contribution < 1.29 is 38.8 Å². The van der Waals surface area contributed by atoms with Crippen LogP contribution in [0.1, 0.15) is 62.0 Å². The molecule has 1 aliphatic heterocycles. The Bertz CT molecular complexity index is 2070. The quantitative estimate of drug-likeness (QED) is 0.0620. The number of rotatable bonds is 17. The summed E-state index contributed by atoms with van der Waals surface area (Å²) >= 11 is 0. The maximum Gasteiger partial charge on any atom is 0.410 e. The van der Waals surface area contributed by atoms with Crippen LogP contribution in [0.3, 0.4) is 0 Å². The molecule has 4 aromatic rings. The number of hydrogen-bond acceptors (Lipinski definition) is 9. The fourth-order valence-corrected chi connectivity index (χ4v) is 9.22. The number of carbonyl (C=O) groups is 1. The average molecular weight is 775 g/mol. The standard InChI is InChI=1S/C47H54N2O8/c1-4-26-55-47-43(49(2)46(52)54-31-32-14-6-5-7-15-32)30-41(48-53-3)39-28-35(18-10-12-24-50)38(19-11-13-25-51)44(45(39)47)40-29-37(22-23-42(40)57-47)56-36-21-20-33-16-8-9-17-34(33)27-36/h4-9,14-17,20-23,27-29,35,38,43-45,50-51H,1,10-13,18-19,24-26,30-31H2,2-3H3. The zero-order chi connectivity index (χ0) is 39.8. The van der Waals surface area contributed by atoms with Crippen LogP contribution in [0, 0.1) is 17.8 Å². The molecule has 0 spiro atoms. The van der Waals surface area contributed by atoms with E-state index in [4.69, 9.17) is 23.8 Å². The summed E-state index contributed by atoms with van der Waals surface area (Å²) in [7, 11) is 3.26. The van der Waals surface area contributed by atoms with E-state index in [-0.39, 0.29) is 50.6 Å². The van der Waals surface area contributed by atoms with Crippen molar-refractivity contribution >= 4 is 22.6 Å². The minimum absolute atomic E-state index is 0.0900. The molecule has 2 aliphatic carbocycles. The van der Waals surface area contributed by atoms with Crippen LogP contribution in [0.25, 0.3) is 10.8 Å². The van der Waals surface area contributed by atoms with E-state index in [1.807, 2.05) is 66.7 Å². The first kappa shape index (κ1) is 40.1. The molecule has 0 bridgehead atoms. The zero-order valence-corrected chi connectivity index (χ0v) is 32.9. The highest BCUT2D eigenvalue weighted by Crippen LogP contribution is 2.62. The average Bonchev–Trinajstić information content (AvgIpc) is 3.24. The first-order valence-electron chi connectivity index (χ1n) is 20.1. The lowest BCUT2D eigenvalue weighted by Crippen LogP contribution is -2.69. The second-order valence-electron chi connectivity index (χ2n) is 15.2. The number of amides is 1. The van der Waals surface area contributed by atoms with E-state index in [0.717, 1.165) is 64.6 Å². The third-order valence-corrected chi connectivity index (χ3v) is 11.8. The van der Waals surface area contributed by atoms with E-state index in [0.29, 0.717) is 24.3 Å². The Morgan fingerprint density at radius 1 is 0.930 bits per heavy atom. The van der Waals surface area contributed by atoms with Gasteiger partial charge in [-0.3, -0.25) is 0 Å². The van der Waals surface area contributed by atoms with E-state index in [2.05, 4.69) is 42.1 Å². The largest absolute Gasteiger partial charge is 0.459 e. The van der Waals surface area contributed by atoms with Gasteiger partial charge >= 0.3 is 6.09 Å². The number of hydrogen-bond donors (Lipinski definition) is 2. The number of oxime groups is 1. The van der Waals surface area contributed by atoms with Gasteiger partial charge in [0.25, 0.3) is 0 Å². The van der Waals surface area contributed by atoms with Crippen LogP contribution >= 0.6 is 0 Å². The lowest BCUT2D eigenvalue weighted by Gasteiger charge is -2.59. The second-order valence-corrected chi connectivity index (χ2v) is 15.2. The van der Waals surface area contributed by atoms with Crippen LogP contribution in [0.15, 0.2) is 120 Å². The predicted molar refractivity (Wildman–Crippen MR) is 220 cm³/mol. The number of aliphatic hydroxyl groups is 2. The van der Waals surface area contributed by atoms with Crippen LogP contribution < -0.4 is 9.47 Å². The Labute approximate surface area is 335 Å². The van der Waals surface area contributed by atoms with Gasteiger partial charge < -0.3 is 38.9 Å². The lowest BCUT2D eigenvalue weighted by atomic mass is 9.55. The van der Waals surface area contributed by atoms with Crippen molar-refractivity contribution in [3.63, 3.8) is 0 Å². The van der Waals surface area contributed by atoms with Crippen LogP contribution in [-0.2, 0) is 20.9 Å². The van der Waals surface area contributed by atoms with Crippen LogP contribution in [0.5, 0.6) is 17.2 Å². The lowest BCUT2D eigenvalue weighted by molar-refractivity contribution is -0.253. The Morgan fingerprint density at radius 2 is 1.65 bits per heavy atom. The normalized spacial score (nSPS) is 24.1.